The molecule has 0 bridgehead atoms. The van der Waals surface area contributed by atoms with Crippen molar-refractivity contribution in [3.8, 4) is 11.3 Å². The number of alkyl halides is 1. The first-order valence-electron chi connectivity index (χ1n) is 10.8. The molecule has 0 unspecified atom stereocenters. The highest BCUT2D eigenvalue weighted by atomic mass is 19.1. The van der Waals surface area contributed by atoms with Crippen LogP contribution in [0.1, 0.15) is 37.2 Å². The third kappa shape index (κ3) is 3.54. The Balaban J connectivity index is 1.35. The zero-order valence-corrected chi connectivity index (χ0v) is 17.6. The Labute approximate surface area is 175 Å². The number of carbonyl (C=O) groups is 1. The maximum absolute atomic E-state index is 15.3. The first-order valence-corrected chi connectivity index (χ1v) is 10.8. The fourth-order valence-corrected chi connectivity index (χ4v) is 4.50. The number of hydrogen-bond donors (Lipinski definition) is 0. The van der Waals surface area contributed by atoms with Crippen LogP contribution in [0.25, 0.3) is 22.0 Å². The van der Waals surface area contributed by atoms with Crippen LogP contribution in [0.4, 0.5) is 4.39 Å². The molecule has 30 heavy (non-hydrogen) atoms. The second-order valence-corrected chi connectivity index (χ2v) is 8.82. The van der Waals surface area contributed by atoms with Crippen LogP contribution in [0.3, 0.4) is 0 Å². The van der Waals surface area contributed by atoms with Crippen LogP contribution < -0.4 is 0 Å². The molecule has 5 rings (SSSR count). The Kier molecular flexibility index (Phi) is 4.69. The lowest BCUT2D eigenvalue weighted by molar-refractivity contribution is -0.133. The molecule has 2 aliphatic rings. The molecule has 1 aliphatic carbocycles. The maximum Gasteiger partial charge on any atom is 0.175 e. The number of halogens is 1. The van der Waals surface area contributed by atoms with E-state index in [0.717, 1.165) is 27.9 Å². The van der Waals surface area contributed by atoms with Crippen LogP contribution in [0.5, 0.6) is 0 Å². The minimum atomic E-state index is -1.71. The third-order valence-electron chi connectivity index (χ3n) is 6.79. The molecule has 0 spiro atoms. The van der Waals surface area contributed by atoms with Gasteiger partial charge in [-0.1, -0.05) is 12.1 Å². The summed E-state index contributed by atoms with van der Waals surface area (Å²) in [4.78, 5) is 23.9. The van der Waals surface area contributed by atoms with Gasteiger partial charge in [0.05, 0.1) is 18.3 Å². The van der Waals surface area contributed by atoms with Crippen molar-refractivity contribution >= 4 is 16.6 Å². The number of Topliss-reactive ketones (excluding diaryl/α,β-unsaturated/α-hetero) is 1. The van der Waals surface area contributed by atoms with Gasteiger partial charge in [-0.15, -0.1) is 0 Å². The number of imidazole rings is 1. The highest BCUT2D eigenvalue weighted by Crippen LogP contribution is 2.35. The summed E-state index contributed by atoms with van der Waals surface area (Å²) in [6.07, 6.45) is 6.73. The monoisotopic (exact) mass is 406 g/mol. The summed E-state index contributed by atoms with van der Waals surface area (Å²) in [6.45, 7) is 3.34. The number of ketones is 1. The molecule has 1 aromatic carbocycles. The van der Waals surface area contributed by atoms with E-state index in [-0.39, 0.29) is 12.2 Å². The fourth-order valence-electron chi connectivity index (χ4n) is 4.50. The van der Waals surface area contributed by atoms with E-state index in [1.54, 1.807) is 6.20 Å². The van der Waals surface area contributed by atoms with E-state index in [1.165, 1.54) is 12.8 Å². The number of rotatable bonds is 5. The normalized spacial score (nSPS) is 19.3. The molecule has 2 aromatic heterocycles. The molecule has 6 heteroatoms. The summed E-state index contributed by atoms with van der Waals surface area (Å²) in [5.74, 6) is 0.621. The van der Waals surface area contributed by atoms with Crippen molar-refractivity contribution in [3.05, 3.63) is 48.2 Å². The van der Waals surface area contributed by atoms with Crippen molar-refractivity contribution < 1.29 is 9.18 Å². The molecule has 2 fully saturated rings. The Morgan fingerprint density at radius 2 is 1.90 bits per heavy atom. The predicted molar refractivity (Wildman–Crippen MR) is 115 cm³/mol. The van der Waals surface area contributed by atoms with E-state index in [4.69, 9.17) is 0 Å². The van der Waals surface area contributed by atoms with Crippen molar-refractivity contribution in [2.24, 2.45) is 7.05 Å². The van der Waals surface area contributed by atoms with E-state index in [9.17, 15) is 4.79 Å². The Morgan fingerprint density at radius 3 is 2.57 bits per heavy atom. The summed E-state index contributed by atoms with van der Waals surface area (Å²) in [5.41, 5.74) is 1.01. The summed E-state index contributed by atoms with van der Waals surface area (Å²) < 4.78 is 17.4. The summed E-state index contributed by atoms with van der Waals surface area (Å²) >= 11 is 0. The molecule has 5 nitrogen and oxygen atoms in total. The molecule has 3 aromatic rings. The van der Waals surface area contributed by atoms with Gasteiger partial charge in [0.1, 0.15) is 5.82 Å². The number of nitrogens with zero attached hydrogens (tertiary/aromatic N) is 4. The van der Waals surface area contributed by atoms with Crippen LogP contribution in [0.15, 0.2) is 36.7 Å². The number of benzene rings is 1. The Bertz CT molecular complexity index is 1110. The number of carbonyl (C=O) groups excluding carboxylic acids is 1. The van der Waals surface area contributed by atoms with Crippen LogP contribution >= 0.6 is 0 Å². The van der Waals surface area contributed by atoms with Crippen molar-refractivity contribution in [3.63, 3.8) is 0 Å². The number of aryl methyl sites for hydroxylation is 1. The second kappa shape index (κ2) is 7.27. The maximum atomic E-state index is 15.3. The molecular formula is C24H27FN4O. The average Bonchev–Trinajstić information content (AvgIpc) is 3.54. The van der Waals surface area contributed by atoms with Gasteiger partial charge >= 0.3 is 0 Å². The minimum absolute atomic E-state index is 0.0465. The SMILES string of the molecule is Cc1ncc(-c2ccc3cnc(CC(=O)C4(F)CCN(C5CC5)CC4)cc3c2)n1C. The minimum Gasteiger partial charge on any atom is -0.331 e. The van der Waals surface area contributed by atoms with Gasteiger partial charge in [0.15, 0.2) is 11.5 Å². The van der Waals surface area contributed by atoms with Gasteiger partial charge in [-0.25, -0.2) is 9.37 Å². The second-order valence-electron chi connectivity index (χ2n) is 8.82. The predicted octanol–water partition coefficient (Wildman–Crippen LogP) is 4.02. The Morgan fingerprint density at radius 1 is 1.13 bits per heavy atom. The molecule has 1 aliphatic heterocycles. The summed E-state index contributed by atoms with van der Waals surface area (Å²) in [5, 5.41) is 2.00. The van der Waals surface area contributed by atoms with Gasteiger partial charge in [0.2, 0.25) is 0 Å². The largest absolute Gasteiger partial charge is 0.331 e. The number of pyridine rings is 1. The first kappa shape index (κ1) is 19.4. The van der Waals surface area contributed by atoms with Crippen molar-refractivity contribution in [1.82, 2.24) is 19.4 Å². The van der Waals surface area contributed by atoms with Gasteiger partial charge in [-0.2, -0.15) is 0 Å². The number of hydrogen-bond acceptors (Lipinski definition) is 4. The molecule has 1 saturated carbocycles. The standard InChI is InChI=1S/C24H27FN4O/c1-16-26-15-22(28(16)2)17-3-4-18-14-27-20(12-19(18)11-17)13-23(30)24(25)7-9-29(10-8-24)21-5-6-21/h3-4,11-12,14-15,21H,5-10,13H2,1-2H3. The summed E-state index contributed by atoms with van der Waals surface area (Å²) in [7, 11) is 1.99. The molecule has 156 valence electrons. The molecule has 1 saturated heterocycles. The highest BCUT2D eigenvalue weighted by Gasteiger charge is 2.43. The fraction of sp³-hybridized carbons (Fsp3) is 0.458. The topological polar surface area (TPSA) is 51.0 Å². The molecule has 0 N–H and O–H groups in total. The lowest BCUT2D eigenvalue weighted by Gasteiger charge is -2.35. The van der Waals surface area contributed by atoms with Crippen LogP contribution in [0, 0.1) is 6.92 Å². The highest BCUT2D eigenvalue weighted by molar-refractivity contribution is 5.91. The Hall–Kier alpha value is -2.60. The van der Waals surface area contributed by atoms with Crippen molar-refractivity contribution in [1.29, 1.82) is 0 Å². The lowest BCUT2D eigenvalue weighted by atomic mass is 9.86. The van der Waals surface area contributed by atoms with E-state index in [0.29, 0.717) is 37.7 Å². The van der Waals surface area contributed by atoms with Crippen molar-refractivity contribution in [2.45, 2.75) is 50.7 Å². The quantitative estimate of drug-likeness (QED) is 0.642. The third-order valence-corrected chi connectivity index (χ3v) is 6.79. The van der Waals surface area contributed by atoms with Gasteiger partial charge < -0.3 is 9.47 Å². The zero-order valence-electron chi connectivity index (χ0n) is 17.6. The van der Waals surface area contributed by atoms with Crippen LogP contribution in [-0.4, -0.2) is 50.0 Å². The molecule has 0 radical (unpaired) electrons. The van der Waals surface area contributed by atoms with E-state index < -0.39 is 5.67 Å². The van der Waals surface area contributed by atoms with Gasteiger partial charge in [0, 0.05) is 61.9 Å². The summed E-state index contributed by atoms with van der Waals surface area (Å²) in [6, 6.07) is 8.71. The number of aromatic nitrogens is 3. The average molecular weight is 407 g/mol. The lowest BCUT2D eigenvalue weighted by Crippen LogP contribution is -2.47. The number of fused-ring (bicyclic) bond motifs is 1. The van der Waals surface area contributed by atoms with Crippen LogP contribution in [0.2, 0.25) is 0 Å². The van der Waals surface area contributed by atoms with E-state index in [2.05, 4.69) is 27.0 Å². The first-order chi connectivity index (χ1) is 14.4. The molecule has 0 atom stereocenters. The van der Waals surface area contributed by atoms with E-state index >= 15 is 4.39 Å². The smallest absolute Gasteiger partial charge is 0.175 e. The number of likely N-dealkylation sites (tertiary alicyclic amines) is 1. The van der Waals surface area contributed by atoms with Gasteiger partial charge in [-0.3, -0.25) is 9.78 Å². The number of piperidine rings is 1. The van der Waals surface area contributed by atoms with Crippen LogP contribution in [-0.2, 0) is 18.3 Å². The zero-order chi connectivity index (χ0) is 20.9. The molecule has 3 heterocycles. The van der Waals surface area contributed by atoms with Crippen molar-refractivity contribution in [2.75, 3.05) is 13.1 Å². The van der Waals surface area contributed by atoms with E-state index in [1.807, 2.05) is 36.9 Å². The van der Waals surface area contributed by atoms with Gasteiger partial charge in [0.25, 0.3) is 0 Å². The molecular weight excluding hydrogens is 379 g/mol. The van der Waals surface area contributed by atoms with Gasteiger partial charge in [-0.05, 0) is 37.3 Å². The molecule has 0 amide bonds.